The Labute approximate surface area is 73.6 Å². The molecule has 0 unspecified atom stereocenters. The van der Waals surface area contributed by atoms with Gasteiger partial charge in [-0.25, -0.2) is 4.98 Å². The molecule has 0 saturated carbocycles. The Bertz CT molecular complexity index is 188. The molecule has 0 radical (unpaired) electrons. The van der Waals surface area contributed by atoms with Crippen LogP contribution in [0.1, 0.15) is 32.3 Å². The fraction of sp³-hybridized carbons (Fsp3) is 0.500. The molecule has 2 heteroatoms. The number of halogens is 1. The van der Waals surface area contributed by atoms with E-state index in [0.717, 1.165) is 0 Å². The lowest BCUT2D eigenvalue weighted by atomic mass is 10.3. The number of unbranched alkanes of at least 4 members (excludes halogenated alkanes) is 1. The zero-order chi connectivity index (χ0) is 9.40. The van der Waals surface area contributed by atoms with Crippen molar-refractivity contribution in [2.24, 2.45) is 0 Å². The maximum Gasteiger partial charge on any atom is 0.215 e. The largest absolute Gasteiger partial charge is 0.228 e. The van der Waals surface area contributed by atoms with Crippen LogP contribution in [0.2, 0.25) is 0 Å². The fourth-order valence-electron chi connectivity index (χ4n) is 0.466. The van der Waals surface area contributed by atoms with Crippen LogP contribution in [0.25, 0.3) is 0 Å². The summed E-state index contributed by atoms with van der Waals surface area (Å²) < 4.78 is 12.2. The number of pyridine rings is 1. The van der Waals surface area contributed by atoms with Gasteiger partial charge in [-0.2, -0.15) is 4.39 Å². The summed E-state index contributed by atoms with van der Waals surface area (Å²) in [7, 11) is 0. The summed E-state index contributed by atoms with van der Waals surface area (Å²) in [6.07, 6.45) is 4.07. The first-order valence-corrected chi connectivity index (χ1v) is 4.29. The van der Waals surface area contributed by atoms with E-state index >= 15 is 0 Å². The van der Waals surface area contributed by atoms with Gasteiger partial charge in [0, 0.05) is 11.8 Å². The molecule has 0 saturated heterocycles. The average Bonchev–Trinajstić information content (AvgIpc) is 2.11. The Morgan fingerprint density at radius 2 is 1.92 bits per heavy atom. The van der Waals surface area contributed by atoms with Crippen molar-refractivity contribution in [2.45, 2.75) is 33.6 Å². The number of hydrogen-bond donors (Lipinski definition) is 0. The first-order chi connectivity index (χ1) is 5.72. The highest BCUT2D eigenvalue weighted by Gasteiger charge is 1.90. The van der Waals surface area contributed by atoms with Gasteiger partial charge in [-0.15, -0.1) is 0 Å². The summed E-state index contributed by atoms with van der Waals surface area (Å²) in [4.78, 5) is 3.41. The second-order valence-electron chi connectivity index (χ2n) is 2.61. The zero-order valence-electron chi connectivity index (χ0n) is 7.97. The Kier molecular flexibility index (Phi) is 6.25. The van der Waals surface area contributed by atoms with Crippen molar-refractivity contribution >= 4 is 0 Å². The van der Waals surface area contributed by atoms with Crippen LogP contribution in [0.3, 0.4) is 0 Å². The number of rotatable bonds is 1. The predicted molar refractivity (Wildman–Crippen MR) is 49.5 cm³/mol. The highest BCUT2D eigenvalue weighted by atomic mass is 19.1. The van der Waals surface area contributed by atoms with Crippen LogP contribution < -0.4 is 0 Å². The molecule has 1 heterocycles. The molecular weight excluding hydrogens is 153 g/mol. The molecule has 0 N–H and O–H groups in total. The molecule has 0 aliphatic carbocycles. The topological polar surface area (TPSA) is 12.9 Å². The van der Waals surface area contributed by atoms with E-state index in [1.807, 2.05) is 0 Å². The lowest BCUT2D eigenvalue weighted by Gasteiger charge is -1.88. The Balaban J connectivity index is 0.000000261. The van der Waals surface area contributed by atoms with Crippen molar-refractivity contribution in [2.75, 3.05) is 0 Å². The third kappa shape index (κ3) is 4.83. The molecule has 1 aromatic rings. The van der Waals surface area contributed by atoms with Gasteiger partial charge in [0.25, 0.3) is 0 Å². The summed E-state index contributed by atoms with van der Waals surface area (Å²) in [5.74, 6) is -0.382. The Morgan fingerprint density at radius 3 is 2.17 bits per heavy atom. The third-order valence-electron chi connectivity index (χ3n) is 1.45. The Morgan fingerprint density at radius 1 is 1.33 bits per heavy atom. The van der Waals surface area contributed by atoms with Crippen molar-refractivity contribution in [1.82, 2.24) is 4.98 Å². The molecule has 0 aliphatic heterocycles. The van der Waals surface area contributed by atoms with Gasteiger partial charge in [0.1, 0.15) is 0 Å². The van der Waals surface area contributed by atoms with E-state index in [1.54, 1.807) is 19.1 Å². The summed E-state index contributed by atoms with van der Waals surface area (Å²) in [5, 5.41) is 0. The Hall–Kier alpha value is -0.920. The molecule has 1 nitrogen and oxygen atoms in total. The van der Waals surface area contributed by atoms with Gasteiger partial charge in [-0.1, -0.05) is 32.8 Å². The SMILES string of the molecule is CCCC.Cc1cccnc1F. The molecule has 0 aliphatic rings. The molecule has 1 aromatic heterocycles. The molecule has 0 spiro atoms. The van der Waals surface area contributed by atoms with Crippen LogP contribution >= 0.6 is 0 Å². The van der Waals surface area contributed by atoms with Crippen molar-refractivity contribution in [1.29, 1.82) is 0 Å². The van der Waals surface area contributed by atoms with E-state index in [9.17, 15) is 4.39 Å². The van der Waals surface area contributed by atoms with Crippen molar-refractivity contribution < 1.29 is 4.39 Å². The summed E-state index contributed by atoms with van der Waals surface area (Å²) >= 11 is 0. The van der Waals surface area contributed by atoms with Crippen LogP contribution in [-0.4, -0.2) is 4.98 Å². The van der Waals surface area contributed by atoms with E-state index in [2.05, 4.69) is 18.8 Å². The lowest BCUT2D eigenvalue weighted by Crippen LogP contribution is -1.83. The smallest absolute Gasteiger partial charge is 0.215 e. The van der Waals surface area contributed by atoms with Gasteiger partial charge in [-0.05, 0) is 13.0 Å². The summed E-state index contributed by atoms with van der Waals surface area (Å²) in [6, 6.07) is 3.39. The van der Waals surface area contributed by atoms with Crippen molar-refractivity contribution in [3.8, 4) is 0 Å². The summed E-state index contributed by atoms with van der Waals surface area (Å²) in [6.45, 7) is 6.04. The fourth-order valence-corrected chi connectivity index (χ4v) is 0.466. The molecule has 0 aromatic carbocycles. The molecule has 12 heavy (non-hydrogen) atoms. The van der Waals surface area contributed by atoms with E-state index in [1.165, 1.54) is 19.0 Å². The third-order valence-corrected chi connectivity index (χ3v) is 1.45. The normalized spacial score (nSPS) is 8.67. The number of aryl methyl sites for hydroxylation is 1. The number of aromatic nitrogens is 1. The molecule has 0 amide bonds. The standard InChI is InChI=1S/C6H6FN.C4H10/c1-5-3-2-4-8-6(5)7;1-3-4-2/h2-4H,1H3;3-4H2,1-2H3. The van der Waals surface area contributed by atoms with Gasteiger partial charge in [0.15, 0.2) is 0 Å². The minimum Gasteiger partial charge on any atom is -0.228 e. The van der Waals surface area contributed by atoms with E-state index < -0.39 is 0 Å². The van der Waals surface area contributed by atoms with E-state index in [0.29, 0.717) is 5.56 Å². The van der Waals surface area contributed by atoms with Gasteiger partial charge in [-0.3, -0.25) is 0 Å². The maximum absolute atomic E-state index is 12.2. The molecular formula is C10H16FN. The monoisotopic (exact) mass is 169 g/mol. The minimum atomic E-state index is -0.382. The second-order valence-corrected chi connectivity index (χ2v) is 2.61. The second kappa shape index (κ2) is 6.77. The number of nitrogens with zero attached hydrogens (tertiary/aromatic N) is 1. The first-order valence-electron chi connectivity index (χ1n) is 4.29. The van der Waals surface area contributed by atoms with Gasteiger partial charge in [0.05, 0.1) is 0 Å². The molecule has 1 rings (SSSR count). The molecule has 0 bridgehead atoms. The highest BCUT2D eigenvalue weighted by molar-refractivity contribution is 5.07. The zero-order valence-corrected chi connectivity index (χ0v) is 7.97. The quantitative estimate of drug-likeness (QED) is 0.587. The predicted octanol–water partition coefficient (Wildman–Crippen LogP) is 3.34. The molecule has 68 valence electrons. The van der Waals surface area contributed by atoms with Gasteiger partial charge >= 0.3 is 0 Å². The van der Waals surface area contributed by atoms with Crippen LogP contribution in [0.4, 0.5) is 4.39 Å². The van der Waals surface area contributed by atoms with Gasteiger partial charge in [0.2, 0.25) is 5.95 Å². The van der Waals surface area contributed by atoms with Crippen molar-refractivity contribution in [3.05, 3.63) is 29.8 Å². The van der Waals surface area contributed by atoms with Crippen LogP contribution in [0.5, 0.6) is 0 Å². The number of hydrogen-bond acceptors (Lipinski definition) is 1. The average molecular weight is 169 g/mol. The van der Waals surface area contributed by atoms with Gasteiger partial charge < -0.3 is 0 Å². The van der Waals surface area contributed by atoms with E-state index in [-0.39, 0.29) is 5.95 Å². The van der Waals surface area contributed by atoms with Crippen LogP contribution in [0, 0.1) is 12.9 Å². The first kappa shape index (κ1) is 11.1. The van der Waals surface area contributed by atoms with Crippen LogP contribution in [-0.2, 0) is 0 Å². The lowest BCUT2D eigenvalue weighted by molar-refractivity contribution is 0.574. The summed E-state index contributed by atoms with van der Waals surface area (Å²) in [5.41, 5.74) is 0.590. The maximum atomic E-state index is 12.2. The molecule has 0 atom stereocenters. The van der Waals surface area contributed by atoms with E-state index in [4.69, 9.17) is 0 Å². The van der Waals surface area contributed by atoms with Crippen LogP contribution in [0.15, 0.2) is 18.3 Å². The minimum absolute atomic E-state index is 0.382. The highest BCUT2D eigenvalue weighted by Crippen LogP contribution is 1.97. The molecule has 0 fully saturated rings. The van der Waals surface area contributed by atoms with Crippen molar-refractivity contribution in [3.63, 3.8) is 0 Å².